The van der Waals surface area contributed by atoms with E-state index in [1.54, 1.807) is 0 Å². The number of carbonyl (C=O) groups excluding carboxylic acids is 1. The summed E-state index contributed by atoms with van der Waals surface area (Å²) >= 11 is 0. The molecule has 2 aliphatic rings. The summed E-state index contributed by atoms with van der Waals surface area (Å²) in [5.74, 6) is -0.386. The first-order valence-electron chi connectivity index (χ1n) is 7.70. The first-order valence-corrected chi connectivity index (χ1v) is 7.70. The van der Waals surface area contributed by atoms with Gasteiger partial charge in [0.15, 0.2) is 0 Å². The van der Waals surface area contributed by atoms with Crippen molar-refractivity contribution in [2.24, 2.45) is 11.3 Å². The lowest BCUT2D eigenvalue weighted by molar-refractivity contribution is -0.154. The molecule has 0 spiro atoms. The van der Waals surface area contributed by atoms with E-state index in [2.05, 4.69) is 5.32 Å². The normalized spacial score (nSPS) is 25.3. The number of carbonyl (C=O) groups is 2. The quantitative estimate of drug-likeness (QED) is 0.781. The maximum Gasteiger partial charge on any atom is 0.310 e. The van der Waals surface area contributed by atoms with Gasteiger partial charge in [-0.25, -0.2) is 0 Å². The number of carboxylic acids is 1. The van der Waals surface area contributed by atoms with Crippen LogP contribution in [0.3, 0.4) is 0 Å². The minimum absolute atomic E-state index is 0.117. The molecule has 1 amide bonds. The second-order valence-corrected chi connectivity index (χ2v) is 6.19. The Kier molecular flexibility index (Phi) is 5.40. The van der Waals surface area contributed by atoms with Crippen molar-refractivity contribution in [1.82, 2.24) is 5.32 Å². The molecule has 114 valence electrons. The minimum atomic E-state index is -0.821. The van der Waals surface area contributed by atoms with E-state index in [9.17, 15) is 14.7 Å². The Balaban J connectivity index is 1.75. The van der Waals surface area contributed by atoms with Gasteiger partial charge in [0, 0.05) is 26.2 Å². The predicted molar refractivity (Wildman–Crippen MR) is 74.3 cm³/mol. The first kappa shape index (κ1) is 15.3. The summed E-state index contributed by atoms with van der Waals surface area (Å²) in [6.45, 7) is 2.23. The number of rotatable bonds is 6. The topological polar surface area (TPSA) is 75.6 Å². The molecular formula is C15H25NO4. The molecule has 0 aromatic heterocycles. The molecule has 1 aliphatic heterocycles. The van der Waals surface area contributed by atoms with Gasteiger partial charge in [0.05, 0.1) is 5.41 Å². The van der Waals surface area contributed by atoms with Crippen molar-refractivity contribution in [1.29, 1.82) is 0 Å². The van der Waals surface area contributed by atoms with Crippen LogP contribution >= 0.6 is 0 Å². The van der Waals surface area contributed by atoms with E-state index >= 15 is 0 Å². The fourth-order valence-corrected chi connectivity index (χ4v) is 3.29. The summed E-state index contributed by atoms with van der Waals surface area (Å²) in [6, 6.07) is 0. The Morgan fingerprint density at radius 3 is 2.60 bits per heavy atom. The third kappa shape index (κ3) is 3.95. The van der Waals surface area contributed by atoms with Gasteiger partial charge in [-0.05, 0) is 31.6 Å². The van der Waals surface area contributed by atoms with E-state index in [1.165, 1.54) is 0 Å². The maximum atomic E-state index is 12.0. The van der Waals surface area contributed by atoms with Gasteiger partial charge in [0.1, 0.15) is 0 Å². The first-order chi connectivity index (χ1) is 9.62. The Labute approximate surface area is 120 Å². The van der Waals surface area contributed by atoms with Crippen LogP contribution in [0.5, 0.6) is 0 Å². The Morgan fingerprint density at radius 2 is 2.00 bits per heavy atom. The number of carboxylic acid groups (broad SMARTS) is 1. The van der Waals surface area contributed by atoms with E-state index in [1.807, 2.05) is 0 Å². The largest absolute Gasteiger partial charge is 0.481 e. The molecule has 1 unspecified atom stereocenters. The summed E-state index contributed by atoms with van der Waals surface area (Å²) < 4.78 is 5.29. The monoisotopic (exact) mass is 283 g/mol. The molecule has 1 saturated heterocycles. The van der Waals surface area contributed by atoms with E-state index in [-0.39, 0.29) is 12.3 Å². The van der Waals surface area contributed by atoms with Crippen LogP contribution < -0.4 is 5.32 Å². The molecule has 1 heterocycles. The molecule has 1 atom stereocenters. The van der Waals surface area contributed by atoms with E-state index in [0.717, 1.165) is 45.3 Å². The van der Waals surface area contributed by atoms with Crippen LogP contribution in [0.25, 0.3) is 0 Å². The second-order valence-electron chi connectivity index (χ2n) is 6.19. The van der Waals surface area contributed by atoms with Gasteiger partial charge in [0.25, 0.3) is 0 Å². The van der Waals surface area contributed by atoms with E-state index < -0.39 is 11.4 Å². The van der Waals surface area contributed by atoms with Crippen molar-refractivity contribution in [3.63, 3.8) is 0 Å². The van der Waals surface area contributed by atoms with E-state index in [4.69, 9.17) is 4.74 Å². The molecule has 0 aromatic carbocycles. The number of ether oxygens (including phenoxy) is 1. The van der Waals surface area contributed by atoms with Crippen LogP contribution in [-0.2, 0) is 14.3 Å². The molecule has 1 saturated carbocycles. The SMILES string of the molecule is O=C(CC1(C(=O)O)CCCCC1)NCCC1CCOC1. The molecule has 1 aliphatic carbocycles. The third-order valence-corrected chi connectivity index (χ3v) is 4.66. The maximum absolute atomic E-state index is 12.0. The Hall–Kier alpha value is -1.10. The second kappa shape index (κ2) is 7.07. The standard InChI is InChI=1S/C15H25NO4/c17-13(16-8-4-12-5-9-20-11-12)10-15(14(18)19)6-2-1-3-7-15/h12H,1-11H2,(H,16,17)(H,18,19). The average molecular weight is 283 g/mol. The van der Waals surface area contributed by atoms with Gasteiger partial charge in [-0.2, -0.15) is 0 Å². The minimum Gasteiger partial charge on any atom is -0.481 e. The fraction of sp³-hybridized carbons (Fsp3) is 0.867. The highest BCUT2D eigenvalue weighted by molar-refractivity contribution is 5.85. The third-order valence-electron chi connectivity index (χ3n) is 4.66. The predicted octanol–water partition coefficient (Wildman–Crippen LogP) is 1.95. The number of hydrogen-bond acceptors (Lipinski definition) is 3. The van der Waals surface area contributed by atoms with Crippen LogP contribution in [-0.4, -0.2) is 36.7 Å². The van der Waals surface area contributed by atoms with Crippen molar-refractivity contribution < 1.29 is 19.4 Å². The van der Waals surface area contributed by atoms with Crippen molar-refractivity contribution in [3.05, 3.63) is 0 Å². The van der Waals surface area contributed by atoms with Crippen molar-refractivity contribution in [2.75, 3.05) is 19.8 Å². The highest BCUT2D eigenvalue weighted by Crippen LogP contribution is 2.39. The molecule has 5 heteroatoms. The fourth-order valence-electron chi connectivity index (χ4n) is 3.29. The lowest BCUT2D eigenvalue weighted by Gasteiger charge is -2.32. The number of hydrogen-bond donors (Lipinski definition) is 2. The number of aliphatic carboxylic acids is 1. The summed E-state index contributed by atoms with van der Waals surface area (Å²) in [5, 5.41) is 12.3. The lowest BCUT2D eigenvalue weighted by atomic mass is 9.71. The van der Waals surface area contributed by atoms with Gasteiger partial charge in [0.2, 0.25) is 5.91 Å². The van der Waals surface area contributed by atoms with Gasteiger partial charge < -0.3 is 15.2 Å². The molecule has 20 heavy (non-hydrogen) atoms. The smallest absolute Gasteiger partial charge is 0.310 e. The molecule has 2 N–H and O–H groups in total. The summed E-state index contributed by atoms with van der Waals surface area (Å²) in [5.41, 5.74) is -0.821. The zero-order chi connectivity index (χ0) is 14.4. The highest BCUT2D eigenvalue weighted by Gasteiger charge is 2.41. The van der Waals surface area contributed by atoms with Crippen LogP contribution in [0.1, 0.15) is 51.4 Å². The number of nitrogens with one attached hydrogen (secondary N) is 1. The van der Waals surface area contributed by atoms with Gasteiger partial charge in [-0.15, -0.1) is 0 Å². The summed E-state index contributed by atoms with van der Waals surface area (Å²) in [4.78, 5) is 23.5. The van der Waals surface area contributed by atoms with Crippen molar-refractivity contribution in [2.45, 2.75) is 51.4 Å². The number of amides is 1. The Morgan fingerprint density at radius 1 is 1.25 bits per heavy atom. The molecule has 0 bridgehead atoms. The van der Waals surface area contributed by atoms with Crippen molar-refractivity contribution in [3.8, 4) is 0 Å². The van der Waals surface area contributed by atoms with E-state index in [0.29, 0.717) is 25.3 Å². The van der Waals surface area contributed by atoms with Gasteiger partial charge in [-0.1, -0.05) is 19.3 Å². The van der Waals surface area contributed by atoms with Crippen LogP contribution in [0.15, 0.2) is 0 Å². The highest BCUT2D eigenvalue weighted by atomic mass is 16.5. The molecular weight excluding hydrogens is 258 g/mol. The van der Waals surface area contributed by atoms with Crippen LogP contribution in [0, 0.1) is 11.3 Å². The summed E-state index contributed by atoms with van der Waals surface area (Å²) in [6.07, 6.45) is 6.29. The van der Waals surface area contributed by atoms with Crippen molar-refractivity contribution >= 4 is 11.9 Å². The molecule has 2 rings (SSSR count). The zero-order valence-corrected chi connectivity index (χ0v) is 12.0. The molecule has 5 nitrogen and oxygen atoms in total. The molecule has 2 fully saturated rings. The Bertz CT molecular complexity index is 344. The molecule has 0 radical (unpaired) electrons. The van der Waals surface area contributed by atoms with Gasteiger partial charge in [-0.3, -0.25) is 9.59 Å². The van der Waals surface area contributed by atoms with Crippen LogP contribution in [0.2, 0.25) is 0 Å². The summed E-state index contributed by atoms with van der Waals surface area (Å²) in [7, 11) is 0. The average Bonchev–Trinajstić information content (AvgIpc) is 2.93. The molecule has 0 aromatic rings. The zero-order valence-electron chi connectivity index (χ0n) is 12.0. The van der Waals surface area contributed by atoms with Crippen LogP contribution in [0.4, 0.5) is 0 Å². The lowest BCUT2D eigenvalue weighted by Crippen LogP contribution is -2.39. The van der Waals surface area contributed by atoms with Gasteiger partial charge >= 0.3 is 5.97 Å².